The zero-order valence-electron chi connectivity index (χ0n) is 12.1. The molecule has 19 heavy (non-hydrogen) atoms. The maximum Gasteiger partial charge on any atom is 0.0876 e. The number of hydrogen-bond acceptors (Lipinski definition) is 2. The fourth-order valence-electron chi connectivity index (χ4n) is 2.45. The predicted octanol–water partition coefficient (Wildman–Crippen LogP) is 3.60. The maximum absolute atomic E-state index is 5.50. The van der Waals surface area contributed by atoms with E-state index in [9.17, 15) is 0 Å². The number of nitrogens with one attached hydrogen (secondary N) is 1. The van der Waals surface area contributed by atoms with Crippen LogP contribution < -0.4 is 5.32 Å². The minimum absolute atomic E-state index is 0.419. The summed E-state index contributed by atoms with van der Waals surface area (Å²) in [4.78, 5) is 0. The molecule has 1 aromatic carbocycles. The van der Waals surface area contributed by atoms with Gasteiger partial charge in [-0.25, -0.2) is 0 Å². The Morgan fingerprint density at radius 1 is 1.26 bits per heavy atom. The molecule has 0 fully saturated rings. The highest BCUT2D eigenvalue weighted by atomic mass is 16.5. The van der Waals surface area contributed by atoms with Gasteiger partial charge in [0.15, 0.2) is 0 Å². The molecule has 2 rings (SSSR count). The van der Waals surface area contributed by atoms with Gasteiger partial charge in [-0.05, 0) is 50.3 Å². The van der Waals surface area contributed by atoms with E-state index >= 15 is 0 Å². The van der Waals surface area contributed by atoms with Gasteiger partial charge in [-0.2, -0.15) is 0 Å². The van der Waals surface area contributed by atoms with Crippen molar-refractivity contribution in [1.82, 2.24) is 5.32 Å². The minimum Gasteiger partial charge on any atom is -0.501 e. The average Bonchev–Trinajstić information content (AvgIpc) is 2.46. The molecule has 0 aliphatic carbocycles. The van der Waals surface area contributed by atoms with Crippen molar-refractivity contribution in [1.29, 1.82) is 0 Å². The van der Waals surface area contributed by atoms with E-state index in [1.165, 1.54) is 23.1 Å². The molecule has 1 aromatic rings. The molecule has 1 heterocycles. The summed E-state index contributed by atoms with van der Waals surface area (Å²) in [6, 6.07) is 9.28. The molecular weight excluding hydrogens is 234 g/mol. The Labute approximate surface area is 116 Å². The fraction of sp³-hybridized carbons (Fsp3) is 0.529. The first kappa shape index (κ1) is 14.1. The van der Waals surface area contributed by atoms with Crippen molar-refractivity contribution in [2.75, 3.05) is 13.2 Å². The molecule has 1 atom stereocenters. The van der Waals surface area contributed by atoms with E-state index in [4.69, 9.17) is 4.74 Å². The minimum atomic E-state index is 0.419. The standard InChI is InChI=1S/C17H25NO/c1-3-10-18-17(16-5-4-11-19-13-16)12-15-8-6-14(2)7-9-15/h6-9,13,17-18H,3-5,10-12H2,1-2H3. The molecule has 0 bridgehead atoms. The van der Waals surface area contributed by atoms with Gasteiger partial charge in [-0.3, -0.25) is 0 Å². The summed E-state index contributed by atoms with van der Waals surface area (Å²) in [6.45, 7) is 6.28. The van der Waals surface area contributed by atoms with Gasteiger partial charge in [0.25, 0.3) is 0 Å². The van der Waals surface area contributed by atoms with E-state index in [1.54, 1.807) is 0 Å². The molecule has 0 amide bonds. The van der Waals surface area contributed by atoms with Crippen LogP contribution in [0.15, 0.2) is 36.1 Å². The first-order valence-corrected chi connectivity index (χ1v) is 7.39. The van der Waals surface area contributed by atoms with Gasteiger partial charge in [0.2, 0.25) is 0 Å². The third-order valence-corrected chi connectivity index (χ3v) is 3.61. The predicted molar refractivity (Wildman–Crippen MR) is 80.2 cm³/mol. The van der Waals surface area contributed by atoms with Crippen molar-refractivity contribution >= 4 is 0 Å². The molecule has 0 aromatic heterocycles. The first-order chi connectivity index (χ1) is 9.29. The van der Waals surface area contributed by atoms with Gasteiger partial charge in [0.1, 0.15) is 0 Å². The highest BCUT2D eigenvalue weighted by molar-refractivity contribution is 5.24. The van der Waals surface area contributed by atoms with Crippen LogP contribution >= 0.6 is 0 Å². The number of benzene rings is 1. The lowest BCUT2D eigenvalue weighted by Gasteiger charge is -2.24. The summed E-state index contributed by atoms with van der Waals surface area (Å²) < 4.78 is 5.50. The van der Waals surface area contributed by atoms with Crippen LogP contribution in [0.5, 0.6) is 0 Å². The summed E-state index contributed by atoms with van der Waals surface area (Å²) in [5.74, 6) is 0. The first-order valence-electron chi connectivity index (χ1n) is 7.39. The van der Waals surface area contributed by atoms with Crippen LogP contribution in [-0.2, 0) is 11.2 Å². The van der Waals surface area contributed by atoms with Crippen LogP contribution in [0.2, 0.25) is 0 Å². The Bertz CT molecular complexity index is 408. The van der Waals surface area contributed by atoms with Gasteiger partial charge in [-0.15, -0.1) is 0 Å². The van der Waals surface area contributed by atoms with Crippen molar-refractivity contribution in [3.05, 3.63) is 47.2 Å². The molecule has 0 saturated carbocycles. The Morgan fingerprint density at radius 3 is 2.68 bits per heavy atom. The summed E-state index contributed by atoms with van der Waals surface area (Å²) >= 11 is 0. The zero-order valence-corrected chi connectivity index (χ0v) is 12.1. The van der Waals surface area contributed by atoms with Gasteiger partial charge >= 0.3 is 0 Å². The van der Waals surface area contributed by atoms with E-state index in [2.05, 4.69) is 43.4 Å². The van der Waals surface area contributed by atoms with Crippen molar-refractivity contribution in [2.24, 2.45) is 0 Å². The lowest BCUT2D eigenvalue weighted by molar-refractivity contribution is 0.219. The van der Waals surface area contributed by atoms with E-state index in [-0.39, 0.29) is 0 Å². The highest BCUT2D eigenvalue weighted by Crippen LogP contribution is 2.19. The van der Waals surface area contributed by atoms with Crippen molar-refractivity contribution in [2.45, 2.75) is 45.6 Å². The van der Waals surface area contributed by atoms with Gasteiger partial charge in [-0.1, -0.05) is 36.8 Å². The van der Waals surface area contributed by atoms with Gasteiger partial charge in [0.05, 0.1) is 12.9 Å². The summed E-state index contributed by atoms with van der Waals surface area (Å²) in [6.07, 6.45) is 6.50. The second-order valence-corrected chi connectivity index (χ2v) is 5.36. The van der Waals surface area contributed by atoms with Crippen LogP contribution in [0.3, 0.4) is 0 Å². The summed E-state index contributed by atoms with van der Waals surface area (Å²) in [5, 5.41) is 3.65. The molecule has 104 valence electrons. The van der Waals surface area contributed by atoms with Crippen LogP contribution in [0.1, 0.15) is 37.3 Å². The van der Waals surface area contributed by atoms with Crippen LogP contribution in [0, 0.1) is 6.92 Å². The molecule has 2 heteroatoms. The number of rotatable bonds is 6. The van der Waals surface area contributed by atoms with Crippen LogP contribution in [0.25, 0.3) is 0 Å². The second kappa shape index (κ2) is 7.34. The maximum atomic E-state index is 5.50. The second-order valence-electron chi connectivity index (χ2n) is 5.36. The van der Waals surface area contributed by atoms with E-state index in [0.29, 0.717) is 6.04 Å². The smallest absolute Gasteiger partial charge is 0.0876 e. The monoisotopic (exact) mass is 259 g/mol. The van der Waals surface area contributed by atoms with E-state index < -0.39 is 0 Å². The molecule has 0 spiro atoms. The Hall–Kier alpha value is -1.28. The zero-order chi connectivity index (χ0) is 13.5. The molecule has 2 nitrogen and oxygen atoms in total. The normalized spacial score (nSPS) is 16.6. The molecular formula is C17H25NO. The molecule has 1 N–H and O–H groups in total. The summed E-state index contributed by atoms with van der Waals surface area (Å²) in [7, 11) is 0. The molecule has 1 aliphatic rings. The molecule has 1 aliphatic heterocycles. The van der Waals surface area contributed by atoms with Gasteiger partial charge in [0, 0.05) is 6.04 Å². The third kappa shape index (κ3) is 4.39. The Balaban J connectivity index is 2.04. The lowest BCUT2D eigenvalue weighted by Crippen LogP contribution is -2.34. The Kier molecular flexibility index (Phi) is 5.46. The Morgan fingerprint density at radius 2 is 2.05 bits per heavy atom. The fourth-order valence-corrected chi connectivity index (χ4v) is 2.45. The SMILES string of the molecule is CCCNC(Cc1ccc(C)cc1)C1=COCCC1. The third-order valence-electron chi connectivity index (χ3n) is 3.61. The van der Waals surface area contributed by atoms with Crippen LogP contribution in [0.4, 0.5) is 0 Å². The molecule has 1 unspecified atom stereocenters. The molecule has 0 saturated heterocycles. The van der Waals surface area contributed by atoms with Crippen LogP contribution in [-0.4, -0.2) is 19.2 Å². The number of aryl methyl sites for hydroxylation is 1. The number of hydrogen-bond donors (Lipinski definition) is 1. The van der Waals surface area contributed by atoms with E-state index in [0.717, 1.165) is 32.4 Å². The van der Waals surface area contributed by atoms with E-state index in [1.807, 2.05) is 6.26 Å². The van der Waals surface area contributed by atoms with Gasteiger partial charge < -0.3 is 10.1 Å². The lowest BCUT2D eigenvalue weighted by atomic mass is 9.95. The van der Waals surface area contributed by atoms with Crippen molar-refractivity contribution in [3.8, 4) is 0 Å². The highest BCUT2D eigenvalue weighted by Gasteiger charge is 2.16. The van der Waals surface area contributed by atoms with Crippen molar-refractivity contribution in [3.63, 3.8) is 0 Å². The topological polar surface area (TPSA) is 21.3 Å². The largest absolute Gasteiger partial charge is 0.501 e. The van der Waals surface area contributed by atoms with Crippen molar-refractivity contribution < 1.29 is 4.74 Å². The summed E-state index contributed by atoms with van der Waals surface area (Å²) in [5.41, 5.74) is 4.13. The number of ether oxygens (including phenoxy) is 1. The molecule has 0 radical (unpaired) electrons. The quantitative estimate of drug-likeness (QED) is 0.843. The average molecular weight is 259 g/mol.